The lowest BCUT2D eigenvalue weighted by molar-refractivity contribution is -0.137. The zero-order valence-electron chi connectivity index (χ0n) is 19.9. The summed E-state index contributed by atoms with van der Waals surface area (Å²) in [6.45, 7) is 5.60. The number of ether oxygens (including phenoxy) is 1. The molecule has 0 saturated heterocycles. The number of benzene rings is 1. The van der Waals surface area contributed by atoms with E-state index in [-0.39, 0.29) is 25.4 Å². The number of alkyl carbamates (subject to hydrolysis) is 1. The molecule has 34 heavy (non-hydrogen) atoms. The SMILES string of the molecule is CCC[C@@H](C=O)NC(=O)[C@H](CC(C)C)NC(=O)[C@H](CCC(=O)O)NC(=O)OCc1ccccc1. The maximum absolute atomic E-state index is 12.9. The fourth-order valence-electron chi connectivity index (χ4n) is 3.19. The number of aliphatic carboxylic acids is 1. The fraction of sp³-hybridized carbons (Fsp3) is 0.542. The maximum Gasteiger partial charge on any atom is 0.408 e. The van der Waals surface area contributed by atoms with Crippen LogP contribution in [0.15, 0.2) is 30.3 Å². The van der Waals surface area contributed by atoms with Gasteiger partial charge in [0.15, 0.2) is 0 Å². The summed E-state index contributed by atoms with van der Waals surface area (Å²) in [5, 5.41) is 16.6. The van der Waals surface area contributed by atoms with E-state index in [0.717, 1.165) is 5.56 Å². The monoisotopic (exact) mass is 477 g/mol. The second-order valence-corrected chi connectivity index (χ2v) is 8.42. The van der Waals surface area contributed by atoms with Crippen LogP contribution in [0.4, 0.5) is 4.79 Å². The van der Waals surface area contributed by atoms with Gasteiger partial charge in [-0.05, 0) is 30.7 Å². The molecule has 188 valence electrons. The lowest BCUT2D eigenvalue weighted by atomic mass is 10.0. The number of carboxylic acids is 1. The van der Waals surface area contributed by atoms with Crippen LogP contribution in [0.1, 0.15) is 58.4 Å². The molecule has 0 bridgehead atoms. The number of hydrogen-bond acceptors (Lipinski definition) is 6. The Bertz CT molecular complexity index is 814. The molecule has 0 saturated carbocycles. The Kier molecular flexibility index (Phi) is 13.0. The smallest absolute Gasteiger partial charge is 0.408 e. The summed E-state index contributed by atoms with van der Waals surface area (Å²) < 4.78 is 5.13. The minimum atomic E-state index is -1.22. The molecule has 4 N–H and O–H groups in total. The Balaban J connectivity index is 2.86. The molecule has 10 nitrogen and oxygen atoms in total. The van der Waals surface area contributed by atoms with E-state index in [0.29, 0.717) is 25.5 Å². The van der Waals surface area contributed by atoms with Crippen LogP contribution in [0, 0.1) is 5.92 Å². The first-order chi connectivity index (χ1) is 16.2. The standard InChI is InChI=1S/C24H35N3O7/c1-4-8-18(14-28)25-23(32)20(13-16(2)3)26-22(31)19(11-12-21(29)30)27-24(33)34-15-17-9-6-5-7-10-17/h5-7,9-10,14,16,18-20H,4,8,11-13,15H2,1-3H3,(H,25,32)(H,26,31)(H,27,33)(H,29,30)/t18-,19-,20-/m0/s1. The molecule has 0 unspecified atom stereocenters. The molecule has 0 aromatic heterocycles. The number of carbonyl (C=O) groups is 5. The van der Waals surface area contributed by atoms with Crippen molar-refractivity contribution in [2.45, 2.75) is 77.6 Å². The number of rotatable bonds is 15. The molecule has 0 aliphatic heterocycles. The third kappa shape index (κ3) is 11.4. The summed E-state index contributed by atoms with van der Waals surface area (Å²) in [5.41, 5.74) is 0.745. The molecular weight excluding hydrogens is 442 g/mol. The first kappa shape index (κ1) is 28.6. The van der Waals surface area contributed by atoms with Crippen LogP contribution in [-0.4, -0.2) is 53.4 Å². The second kappa shape index (κ2) is 15.4. The van der Waals surface area contributed by atoms with E-state index in [1.54, 1.807) is 24.3 Å². The minimum absolute atomic E-state index is 0.0250. The highest BCUT2D eigenvalue weighted by Gasteiger charge is 2.29. The van der Waals surface area contributed by atoms with Gasteiger partial charge in [0.2, 0.25) is 11.8 Å². The van der Waals surface area contributed by atoms with Gasteiger partial charge in [0.25, 0.3) is 0 Å². The number of amides is 3. The molecule has 1 aromatic carbocycles. The van der Waals surface area contributed by atoms with Crippen LogP contribution in [0.2, 0.25) is 0 Å². The Morgan fingerprint density at radius 1 is 0.971 bits per heavy atom. The van der Waals surface area contributed by atoms with Crippen LogP contribution in [0.3, 0.4) is 0 Å². The molecule has 3 atom stereocenters. The predicted molar refractivity (Wildman–Crippen MR) is 125 cm³/mol. The largest absolute Gasteiger partial charge is 0.481 e. The van der Waals surface area contributed by atoms with Crippen molar-refractivity contribution >= 4 is 30.2 Å². The first-order valence-corrected chi connectivity index (χ1v) is 11.4. The van der Waals surface area contributed by atoms with Gasteiger partial charge in [-0.25, -0.2) is 4.79 Å². The maximum atomic E-state index is 12.9. The lowest BCUT2D eigenvalue weighted by Gasteiger charge is -2.25. The normalized spacial score (nSPS) is 13.3. The quantitative estimate of drug-likeness (QED) is 0.283. The zero-order valence-corrected chi connectivity index (χ0v) is 19.9. The molecule has 1 rings (SSSR count). The van der Waals surface area contributed by atoms with Crippen LogP contribution in [0.5, 0.6) is 0 Å². The Hall–Kier alpha value is -3.43. The Labute approximate surface area is 199 Å². The molecule has 0 fully saturated rings. The third-order valence-corrected chi connectivity index (χ3v) is 4.90. The van der Waals surface area contributed by atoms with Crippen molar-refractivity contribution in [2.75, 3.05) is 0 Å². The molecule has 0 heterocycles. The highest BCUT2D eigenvalue weighted by molar-refractivity contribution is 5.92. The van der Waals surface area contributed by atoms with Crippen molar-refractivity contribution in [1.82, 2.24) is 16.0 Å². The topological polar surface area (TPSA) is 151 Å². The summed E-state index contributed by atoms with van der Waals surface area (Å²) in [5.74, 6) is -2.33. The van der Waals surface area contributed by atoms with Gasteiger partial charge in [-0.15, -0.1) is 0 Å². The lowest BCUT2D eigenvalue weighted by Crippen LogP contribution is -2.55. The third-order valence-electron chi connectivity index (χ3n) is 4.90. The van der Waals surface area contributed by atoms with Crippen LogP contribution < -0.4 is 16.0 Å². The molecular formula is C24H35N3O7. The van der Waals surface area contributed by atoms with Crippen LogP contribution in [-0.2, 0) is 30.5 Å². The van der Waals surface area contributed by atoms with Crippen molar-refractivity contribution in [3.8, 4) is 0 Å². The molecule has 3 amide bonds. The van der Waals surface area contributed by atoms with Crippen molar-refractivity contribution in [3.05, 3.63) is 35.9 Å². The minimum Gasteiger partial charge on any atom is -0.481 e. The van der Waals surface area contributed by atoms with Crippen molar-refractivity contribution < 1.29 is 33.8 Å². The molecule has 0 aliphatic rings. The van der Waals surface area contributed by atoms with Gasteiger partial charge in [-0.1, -0.05) is 57.5 Å². The van der Waals surface area contributed by atoms with Crippen molar-refractivity contribution in [1.29, 1.82) is 0 Å². The number of carbonyl (C=O) groups excluding carboxylic acids is 4. The van der Waals surface area contributed by atoms with E-state index in [1.807, 2.05) is 26.8 Å². The van der Waals surface area contributed by atoms with Crippen LogP contribution >= 0.6 is 0 Å². The Morgan fingerprint density at radius 3 is 2.18 bits per heavy atom. The van der Waals surface area contributed by atoms with E-state index < -0.39 is 42.0 Å². The van der Waals surface area contributed by atoms with Gasteiger partial charge in [0, 0.05) is 6.42 Å². The Morgan fingerprint density at radius 2 is 1.62 bits per heavy atom. The zero-order chi connectivity index (χ0) is 25.5. The molecule has 0 aliphatic carbocycles. The average molecular weight is 478 g/mol. The molecule has 0 spiro atoms. The van der Waals surface area contributed by atoms with Gasteiger partial charge < -0.3 is 30.6 Å². The van der Waals surface area contributed by atoms with Gasteiger partial charge >= 0.3 is 12.1 Å². The number of hydrogen-bond donors (Lipinski definition) is 4. The summed E-state index contributed by atoms with van der Waals surface area (Å²) in [7, 11) is 0. The van der Waals surface area contributed by atoms with Crippen molar-refractivity contribution in [3.63, 3.8) is 0 Å². The predicted octanol–water partition coefficient (Wildman–Crippen LogP) is 2.16. The summed E-state index contributed by atoms with van der Waals surface area (Å²) in [4.78, 5) is 60.2. The van der Waals surface area contributed by atoms with E-state index in [4.69, 9.17) is 9.84 Å². The molecule has 1 aromatic rings. The van der Waals surface area contributed by atoms with Gasteiger partial charge in [0.05, 0.1) is 6.04 Å². The van der Waals surface area contributed by atoms with E-state index in [2.05, 4.69) is 16.0 Å². The average Bonchev–Trinajstić information content (AvgIpc) is 2.79. The summed E-state index contributed by atoms with van der Waals surface area (Å²) in [6.07, 6.45) is 0.648. The van der Waals surface area contributed by atoms with Gasteiger partial charge in [-0.3, -0.25) is 14.4 Å². The highest BCUT2D eigenvalue weighted by Crippen LogP contribution is 2.08. The fourth-order valence-corrected chi connectivity index (χ4v) is 3.19. The number of carboxylic acid groups (broad SMARTS) is 1. The van der Waals surface area contributed by atoms with Gasteiger partial charge in [0.1, 0.15) is 25.0 Å². The van der Waals surface area contributed by atoms with Gasteiger partial charge in [-0.2, -0.15) is 0 Å². The van der Waals surface area contributed by atoms with E-state index >= 15 is 0 Å². The molecule has 10 heteroatoms. The summed E-state index contributed by atoms with van der Waals surface area (Å²) >= 11 is 0. The van der Waals surface area contributed by atoms with Crippen LogP contribution in [0.25, 0.3) is 0 Å². The molecule has 0 radical (unpaired) electrons. The van der Waals surface area contributed by atoms with Crippen molar-refractivity contribution in [2.24, 2.45) is 5.92 Å². The first-order valence-electron chi connectivity index (χ1n) is 11.4. The summed E-state index contributed by atoms with van der Waals surface area (Å²) in [6, 6.07) is 6.08. The highest BCUT2D eigenvalue weighted by atomic mass is 16.5. The number of nitrogens with one attached hydrogen (secondary N) is 3. The van der Waals surface area contributed by atoms with E-state index in [9.17, 15) is 24.0 Å². The van der Waals surface area contributed by atoms with E-state index in [1.165, 1.54) is 0 Å². The number of aldehydes is 1. The second-order valence-electron chi connectivity index (χ2n) is 8.42.